The van der Waals surface area contributed by atoms with Gasteiger partial charge in [-0.25, -0.2) is 0 Å². The molecule has 0 aliphatic carbocycles. The maximum Gasteiger partial charge on any atom is 0.121 e. The summed E-state index contributed by atoms with van der Waals surface area (Å²) in [6, 6.07) is 7.00. The summed E-state index contributed by atoms with van der Waals surface area (Å²) in [5.41, 5.74) is 2.61. The first-order valence-corrected chi connectivity index (χ1v) is 5.19. The number of rotatable bonds is 2. The maximum absolute atomic E-state index is 5.24. The van der Waals surface area contributed by atoms with Gasteiger partial charge < -0.3 is 10.1 Å². The molecule has 0 spiro atoms. The smallest absolute Gasteiger partial charge is 0.121 e. The van der Waals surface area contributed by atoms with E-state index in [-0.39, 0.29) is 0 Å². The summed E-state index contributed by atoms with van der Waals surface area (Å²) in [6.45, 7) is 3.24. The van der Waals surface area contributed by atoms with Gasteiger partial charge >= 0.3 is 0 Å². The lowest BCUT2D eigenvalue weighted by molar-refractivity contribution is 0.411. The van der Waals surface area contributed by atoms with Crippen LogP contribution in [-0.4, -0.2) is 13.7 Å². The minimum atomic E-state index is 0.555. The van der Waals surface area contributed by atoms with Gasteiger partial charge in [0.05, 0.1) is 7.11 Å². The van der Waals surface area contributed by atoms with E-state index in [2.05, 4.69) is 30.4 Å². The Bertz CT molecular complexity index is 316. The standard InChI is InChI=1S/C12H17NO/c1-9-8-10(5-6-12(9)14-2)11-4-3-7-13-11/h5-6,8,11,13H,3-4,7H2,1-2H3/t11-/m1/s1. The second kappa shape index (κ2) is 4.01. The molecule has 1 saturated heterocycles. The first-order valence-electron chi connectivity index (χ1n) is 5.19. The number of nitrogens with one attached hydrogen (secondary N) is 1. The van der Waals surface area contributed by atoms with E-state index in [1.807, 2.05) is 0 Å². The Morgan fingerprint density at radius 3 is 2.86 bits per heavy atom. The molecule has 0 amide bonds. The van der Waals surface area contributed by atoms with E-state index >= 15 is 0 Å². The van der Waals surface area contributed by atoms with Gasteiger partial charge in [0.2, 0.25) is 0 Å². The zero-order chi connectivity index (χ0) is 9.97. The average Bonchev–Trinajstić information content (AvgIpc) is 2.70. The van der Waals surface area contributed by atoms with E-state index in [1.54, 1.807) is 7.11 Å². The lowest BCUT2D eigenvalue weighted by Crippen LogP contribution is -2.12. The van der Waals surface area contributed by atoms with Crippen LogP contribution in [0.3, 0.4) is 0 Å². The molecule has 0 unspecified atom stereocenters. The Morgan fingerprint density at radius 1 is 1.43 bits per heavy atom. The highest BCUT2D eigenvalue weighted by Crippen LogP contribution is 2.27. The summed E-state index contributed by atoms with van der Waals surface area (Å²) in [5.74, 6) is 0.978. The van der Waals surface area contributed by atoms with Crippen LogP contribution in [0.4, 0.5) is 0 Å². The molecule has 1 aliphatic heterocycles. The third-order valence-electron chi connectivity index (χ3n) is 2.88. The number of benzene rings is 1. The summed E-state index contributed by atoms with van der Waals surface area (Å²) in [5, 5.41) is 3.50. The van der Waals surface area contributed by atoms with Gasteiger partial charge in [-0.05, 0) is 43.5 Å². The predicted octanol–water partition coefficient (Wildman–Crippen LogP) is 2.43. The van der Waals surface area contributed by atoms with Crippen LogP contribution in [0.5, 0.6) is 5.75 Å². The normalized spacial score (nSPS) is 21.1. The van der Waals surface area contributed by atoms with E-state index in [0.717, 1.165) is 12.3 Å². The Kier molecular flexibility index (Phi) is 2.73. The monoisotopic (exact) mass is 191 g/mol. The molecule has 1 aromatic carbocycles. The number of hydrogen-bond acceptors (Lipinski definition) is 2. The van der Waals surface area contributed by atoms with Gasteiger partial charge in [0.1, 0.15) is 5.75 Å². The second-order valence-corrected chi connectivity index (χ2v) is 3.88. The third kappa shape index (κ3) is 1.75. The first kappa shape index (κ1) is 9.53. The highest BCUT2D eigenvalue weighted by Gasteiger charge is 2.16. The summed E-state index contributed by atoms with van der Waals surface area (Å²) >= 11 is 0. The molecule has 1 heterocycles. The van der Waals surface area contributed by atoms with Crippen LogP contribution in [0.1, 0.15) is 30.0 Å². The average molecular weight is 191 g/mol. The molecule has 76 valence electrons. The van der Waals surface area contributed by atoms with Crippen molar-refractivity contribution < 1.29 is 4.74 Å². The molecule has 0 radical (unpaired) electrons. The van der Waals surface area contributed by atoms with Crippen LogP contribution in [-0.2, 0) is 0 Å². The van der Waals surface area contributed by atoms with Crippen molar-refractivity contribution in [2.45, 2.75) is 25.8 Å². The van der Waals surface area contributed by atoms with Gasteiger partial charge in [-0.1, -0.05) is 12.1 Å². The van der Waals surface area contributed by atoms with Gasteiger partial charge in [-0.15, -0.1) is 0 Å². The van der Waals surface area contributed by atoms with Crippen molar-refractivity contribution in [1.82, 2.24) is 5.32 Å². The fourth-order valence-electron chi connectivity index (χ4n) is 2.09. The van der Waals surface area contributed by atoms with Crippen LogP contribution in [0.2, 0.25) is 0 Å². The predicted molar refractivity (Wildman–Crippen MR) is 57.7 cm³/mol. The van der Waals surface area contributed by atoms with E-state index in [1.165, 1.54) is 24.0 Å². The Balaban J connectivity index is 2.23. The van der Waals surface area contributed by atoms with Crippen molar-refractivity contribution in [3.05, 3.63) is 29.3 Å². The zero-order valence-corrected chi connectivity index (χ0v) is 8.84. The lowest BCUT2D eigenvalue weighted by Gasteiger charge is -2.13. The number of ether oxygens (including phenoxy) is 1. The Hall–Kier alpha value is -1.02. The van der Waals surface area contributed by atoms with Crippen LogP contribution in [0.25, 0.3) is 0 Å². The molecule has 1 N–H and O–H groups in total. The Labute approximate surface area is 85.3 Å². The molecule has 14 heavy (non-hydrogen) atoms. The minimum Gasteiger partial charge on any atom is -0.496 e. The van der Waals surface area contributed by atoms with Crippen LogP contribution < -0.4 is 10.1 Å². The molecule has 2 nitrogen and oxygen atoms in total. The lowest BCUT2D eigenvalue weighted by atomic mass is 10.0. The molecular weight excluding hydrogens is 174 g/mol. The van der Waals surface area contributed by atoms with Crippen LogP contribution in [0.15, 0.2) is 18.2 Å². The van der Waals surface area contributed by atoms with Crippen molar-refractivity contribution in [1.29, 1.82) is 0 Å². The van der Waals surface area contributed by atoms with E-state index in [0.29, 0.717) is 6.04 Å². The molecule has 1 aromatic rings. The number of aryl methyl sites for hydroxylation is 1. The fraction of sp³-hybridized carbons (Fsp3) is 0.500. The van der Waals surface area contributed by atoms with Crippen LogP contribution in [0, 0.1) is 6.92 Å². The largest absolute Gasteiger partial charge is 0.496 e. The molecule has 2 heteroatoms. The van der Waals surface area contributed by atoms with Crippen LogP contribution >= 0.6 is 0 Å². The summed E-state index contributed by atoms with van der Waals surface area (Å²) in [6.07, 6.45) is 2.54. The quantitative estimate of drug-likeness (QED) is 0.775. The van der Waals surface area contributed by atoms with Gasteiger partial charge in [0, 0.05) is 6.04 Å². The zero-order valence-electron chi connectivity index (χ0n) is 8.84. The molecule has 0 bridgehead atoms. The molecular formula is C12H17NO. The highest BCUT2D eigenvalue weighted by atomic mass is 16.5. The minimum absolute atomic E-state index is 0.555. The topological polar surface area (TPSA) is 21.3 Å². The maximum atomic E-state index is 5.24. The fourth-order valence-corrected chi connectivity index (χ4v) is 2.09. The molecule has 1 atom stereocenters. The molecule has 1 aliphatic rings. The highest BCUT2D eigenvalue weighted by molar-refractivity contribution is 5.37. The van der Waals surface area contributed by atoms with Gasteiger partial charge in [0.25, 0.3) is 0 Å². The first-order chi connectivity index (χ1) is 6.81. The summed E-state index contributed by atoms with van der Waals surface area (Å²) in [7, 11) is 1.72. The molecule has 2 rings (SSSR count). The van der Waals surface area contributed by atoms with Crippen molar-refractivity contribution in [2.75, 3.05) is 13.7 Å². The Morgan fingerprint density at radius 2 is 2.29 bits per heavy atom. The molecule has 1 fully saturated rings. The van der Waals surface area contributed by atoms with E-state index in [9.17, 15) is 0 Å². The second-order valence-electron chi connectivity index (χ2n) is 3.88. The third-order valence-corrected chi connectivity index (χ3v) is 2.88. The van der Waals surface area contributed by atoms with Gasteiger partial charge in [-0.3, -0.25) is 0 Å². The summed E-state index contributed by atoms with van der Waals surface area (Å²) < 4.78 is 5.24. The molecule has 0 aromatic heterocycles. The van der Waals surface area contributed by atoms with E-state index < -0.39 is 0 Å². The summed E-state index contributed by atoms with van der Waals surface area (Å²) in [4.78, 5) is 0. The SMILES string of the molecule is COc1ccc([C@H]2CCCN2)cc1C. The van der Waals surface area contributed by atoms with Crippen molar-refractivity contribution in [3.63, 3.8) is 0 Å². The number of methoxy groups -OCH3 is 1. The van der Waals surface area contributed by atoms with Gasteiger partial charge in [-0.2, -0.15) is 0 Å². The molecule has 0 saturated carbocycles. The van der Waals surface area contributed by atoms with E-state index in [4.69, 9.17) is 4.74 Å². The van der Waals surface area contributed by atoms with Gasteiger partial charge in [0.15, 0.2) is 0 Å². The van der Waals surface area contributed by atoms with Crippen molar-refractivity contribution in [3.8, 4) is 5.75 Å². The van der Waals surface area contributed by atoms with Crippen molar-refractivity contribution >= 4 is 0 Å². The van der Waals surface area contributed by atoms with Crippen molar-refractivity contribution in [2.24, 2.45) is 0 Å². The number of hydrogen-bond donors (Lipinski definition) is 1.